The van der Waals surface area contributed by atoms with E-state index in [1.54, 1.807) is 6.07 Å². The van der Waals surface area contributed by atoms with Crippen LogP contribution in [0.5, 0.6) is 0 Å². The Balaban J connectivity index is 1.60. The van der Waals surface area contributed by atoms with Crippen molar-refractivity contribution in [2.45, 2.75) is 65.0 Å². The van der Waals surface area contributed by atoms with Crippen LogP contribution in [0.4, 0.5) is 4.39 Å². The second-order valence-electron chi connectivity index (χ2n) is 9.66. The number of rotatable bonds is 3. The van der Waals surface area contributed by atoms with Gasteiger partial charge in [0, 0.05) is 36.8 Å². The van der Waals surface area contributed by atoms with Crippen LogP contribution in [0.2, 0.25) is 0 Å². The highest BCUT2D eigenvalue weighted by molar-refractivity contribution is 5.98. The van der Waals surface area contributed by atoms with Crippen LogP contribution in [0.1, 0.15) is 74.1 Å². The van der Waals surface area contributed by atoms with Crippen molar-refractivity contribution in [1.82, 2.24) is 15.1 Å². The first kappa shape index (κ1) is 21.8. The molecule has 0 saturated carbocycles. The summed E-state index contributed by atoms with van der Waals surface area (Å²) in [5, 5.41) is 2.75. The molecular formula is C23H34FN3O2. The van der Waals surface area contributed by atoms with Gasteiger partial charge in [-0.15, -0.1) is 0 Å². The summed E-state index contributed by atoms with van der Waals surface area (Å²) in [6.07, 6.45) is 4.50. The zero-order chi connectivity index (χ0) is 21.2. The quantitative estimate of drug-likeness (QED) is 0.837. The molecule has 5 nitrogen and oxygen atoms in total. The number of benzene rings is 1. The van der Waals surface area contributed by atoms with Crippen molar-refractivity contribution in [2.24, 2.45) is 5.92 Å². The van der Waals surface area contributed by atoms with E-state index in [9.17, 15) is 14.0 Å². The Bertz CT molecular complexity index is 751. The molecule has 1 unspecified atom stereocenters. The molecule has 2 aliphatic heterocycles. The van der Waals surface area contributed by atoms with Crippen molar-refractivity contribution in [1.29, 1.82) is 0 Å². The summed E-state index contributed by atoms with van der Waals surface area (Å²) in [5.74, 6) is -0.530. The number of likely N-dealkylation sites (tertiary alicyclic amines) is 2. The van der Waals surface area contributed by atoms with Gasteiger partial charge in [0.25, 0.3) is 11.8 Å². The molecule has 2 amide bonds. The Hall–Kier alpha value is -1.95. The summed E-state index contributed by atoms with van der Waals surface area (Å²) in [6, 6.07) is 4.70. The van der Waals surface area contributed by atoms with Crippen LogP contribution < -0.4 is 5.32 Å². The third-order valence-electron chi connectivity index (χ3n) is 5.91. The molecule has 1 atom stereocenters. The summed E-state index contributed by atoms with van der Waals surface area (Å²) in [6.45, 7) is 11.5. The van der Waals surface area contributed by atoms with Gasteiger partial charge in [-0.3, -0.25) is 14.5 Å². The number of nitrogens with one attached hydrogen (secondary N) is 1. The van der Waals surface area contributed by atoms with Gasteiger partial charge < -0.3 is 10.2 Å². The molecular weight excluding hydrogens is 369 g/mol. The molecule has 1 aromatic carbocycles. The molecule has 6 heteroatoms. The van der Waals surface area contributed by atoms with E-state index < -0.39 is 17.3 Å². The maximum Gasteiger partial charge on any atom is 0.254 e. The molecule has 0 spiro atoms. The average Bonchev–Trinajstić information content (AvgIpc) is 2.66. The average molecular weight is 404 g/mol. The molecule has 0 aliphatic carbocycles. The molecule has 3 rings (SSSR count). The van der Waals surface area contributed by atoms with E-state index in [0.717, 1.165) is 31.8 Å². The fourth-order valence-corrected chi connectivity index (χ4v) is 4.41. The molecule has 2 aliphatic rings. The van der Waals surface area contributed by atoms with Gasteiger partial charge in [-0.2, -0.15) is 0 Å². The summed E-state index contributed by atoms with van der Waals surface area (Å²) >= 11 is 0. The standard InChI is InChI=1S/C23H34FN3O2/c1-16-6-5-11-27(15-16)18-9-12-26(13-10-18)22(29)17-7-8-19(20(24)14-17)21(28)25-23(2,3)4/h7-8,14,16,18H,5-6,9-13,15H2,1-4H3,(H,25,28). The molecule has 2 saturated heterocycles. The van der Waals surface area contributed by atoms with Crippen LogP contribution in [-0.4, -0.2) is 59.4 Å². The highest BCUT2D eigenvalue weighted by Gasteiger charge is 2.30. The van der Waals surface area contributed by atoms with Crippen molar-refractivity contribution in [2.75, 3.05) is 26.2 Å². The Morgan fingerprint density at radius 2 is 1.79 bits per heavy atom. The summed E-state index contributed by atoms with van der Waals surface area (Å²) < 4.78 is 14.5. The monoisotopic (exact) mass is 403 g/mol. The number of hydrogen-bond acceptors (Lipinski definition) is 3. The SMILES string of the molecule is CC1CCCN(C2CCN(C(=O)c3ccc(C(=O)NC(C)(C)C)c(F)c3)CC2)C1. The lowest BCUT2D eigenvalue weighted by atomic mass is 9.95. The van der Waals surface area contributed by atoms with Gasteiger partial charge in [0.1, 0.15) is 5.82 Å². The van der Waals surface area contributed by atoms with Crippen molar-refractivity contribution in [3.05, 3.63) is 35.1 Å². The summed E-state index contributed by atoms with van der Waals surface area (Å²) in [4.78, 5) is 29.5. The number of halogens is 1. The Morgan fingerprint density at radius 1 is 1.10 bits per heavy atom. The largest absolute Gasteiger partial charge is 0.347 e. The van der Waals surface area contributed by atoms with E-state index in [2.05, 4.69) is 17.1 Å². The van der Waals surface area contributed by atoms with Crippen LogP contribution in [0.15, 0.2) is 18.2 Å². The molecule has 0 radical (unpaired) electrons. The lowest BCUT2D eigenvalue weighted by molar-refractivity contribution is 0.0541. The predicted molar refractivity (Wildman–Crippen MR) is 113 cm³/mol. The first-order valence-electron chi connectivity index (χ1n) is 10.8. The minimum atomic E-state index is -0.658. The van der Waals surface area contributed by atoms with Crippen LogP contribution in [-0.2, 0) is 0 Å². The van der Waals surface area contributed by atoms with E-state index in [0.29, 0.717) is 24.7 Å². The van der Waals surface area contributed by atoms with Gasteiger partial charge in [0.2, 0.25) is 0 Å². The van der Waals surface area contributed by atoms with E-state index in [1.807, 2.05) is 25.7 Å². The first-order chi connectivity index (χ1) is 13.6. The maximum atomic E-state index is 14.5. The Labute approximate surface area is 173 Å². The molecule has 0 aromatic heterocycles. The second kappa shape index (κ2) is 8.82. The summed E-state index contributed by atoms with van der Waals surface area (Å²) in [7, 11) is 0. The molecule has 29 heavy (non-hydrogen) atoms. The summed E-state index contributed by atoms with van der Waals surface area (Å²) in [5.41, 5.74) is -0.177. The van der Waals surface area contributed by atoms with Crippen LogP contribution in [0, 0.1) is 11.7 Å². The van der Waals surface area contributed by atoms with Gasteiger partial charge in [-0.05, 0) is 77.1 Å². The van der Waals surface area contributed by atoms with Crippen LogP contribution in [0.25, 0.3) is 0 Å². The van der Waals surface area contributed by atoms with Crippen molar-refractivity contribution >= 4 is 11.8 Å². The minimum absolute atomic E-state index is 0.0330. The van der Waals surface area contributed by atoms with E-state index in [4.69, 9.17) is 0 Å². The Morgan fingerprint density at radius 3 is 2.38 bits per heavy atom. The van der Waals surface area contributed by atoms with E-state index in [1.165, 1.54) is 25.0 Å². The van der Waals surface area contributed by atoms with Gasteiger partial charge >= 0.3 is 0 Å². The van der Waals surface area contributed by atoms with E-state index in [-0.39, 0.29) is 11.5 Å². The number of carbonyl (C=O) groups excluding carboxylic acids is 2. The van der Waals surface area contributed by atoms with Gasteiger partial charge in [-0.1, -0.05) is 6.92 Å². The topological polar surface area (TPSA) is 52.7 Å². The van der Waals surface area contributed by atoms with E-state index >= 15 is 0 Å². The fourth-order valence-electron chi connectivity index (χ4n) is 4.41. The molecule has 1 aromatic rings. The molecule has 2 fully saturated rings. The number of carbonyl (C=O) groups is 2. The van der Waals surface area contributed by atoms with Gasteiger partial charge in [-0.25, -0.2) is 4.39 Å². The predicted octanol–water partition coefficient (Wildman–Crippen LogP) is 3.69. The van der Waals surface area contributed by atoms with Gasteiger partial charge in [0.05, 0.1) is 5.56 Å². The smallest absolute Gasteiger partial charge is 0.254 e. The molecule has 1 N–H and O–H groups in total. The molecule has 160 valence electrons. The zero-order valence-electron chi connectivity index (χ0n) is 18.1. The maximum absolute atomic E-state index is 14.5. The van der Waals surface area contributed by atoms with Crippen LogP contribution >= 0.6 is 0 Å². The number of piperidine rings is 2. The third-order valence-corrected chi connectivity index (χ3v) is 5.91. The van der Waals surface area contributed by atoms with Crippen molar-refractivity contribution < 1.29 is 14.0 Å². The second-order valence-corrected chi connectivity index (χ2v) is 9.66. The lowest BCUT2D eigenvalue weighted by Crippen LogP contribution is -2.49. The first-order valence-corrected chi connectivity index (χ1v) is 10.8. The molecule has 2 heterocycles. The fraction of sp³-hybridized carbons (Fsp3) is 0.652. The minimum Gasteiger partial charge on any atom is -0.347 e. The molecule has 0 bridgehead atoms. The lowest BCUT2D eigenvalue weighted by Gasteiger charge is -2.41. The highest BCUT2D eigenvalue weighted by Crippen LogP contribution is 2.24. The van der Waals surface area contributed by atoms with Gasteiger partial charge in [0.15, 0.2) is 0 Å². The normalized spacial score (nSPS) is 21.8. The number of nitrogens with zero attached hydrogens (tertiary/aromatic N) is 2. The highest BCUT2D eigenvalue weighted by atomic mass is 19.1. The number of hydrogen-bond donors (Lipinski definition) is 1. The van der Waals surface area contributed by atoms with Crippen LogP contribution in [0.3, 0.4) is 0 Å². The van der Waals surface area contributed by atoms with Crippen molar-refractivity contribution in [3.8, 4) is 0 Å². The zero-order valence-corrected chi connectivity index (χ0v) is 18.1. The van der Waals surface area contributed by atoms with Crippen molar-refractivity contribution in [3.63, 3.8) is 0 Å². The number of amides is 2. The third kappa shape index (κ3) is 5.56. The Kier molecular flexibility index (Phi) is 6.62.